The largest absolute Gasteiger partial charge is 0.472 e. The minimum atomic E-state index is -0.184. The molecule has 3 N–H and O–H groups in total. The summed E-state index contributed by atoms with van der Waals surface area (Å²) in [4.78, 5) is 16.5. The van der Waals surface area contributed by atoms with Crippen molar-refractivity contribution in [2.75, 3.05) is 5.73 Å². The average molecular weight is 267 g/mol. The predicted octanol–water partition coefficient (Wildman–Crippen LogP) is 2.34. The Kier molecular flexibility index (Phi) is 3.09. The zero-order chi connectivity index (χ0) is 13.9. The lowest BCUT2D eigenvalue weighted by Crippen LogP contribution is -2.23. The van der Waals surface area contributed by atoms with Gasteiger partial charge in [0.25, 0.3) is 5.91 Å². The van der Waals surface area contributed by atoms with Gasteiger partial charge in [-0.25, -0.2) is 4.98 Å². The summed E-state index contributed by atoms with van der Waals surface area (Å²) in [6.45, 7) is 0.409. The van der Waals surface area contributed by atoms with Crippen LogP contribution in [-0.4, -0.2) is 10.9 Å². The summed E-state index contributed by atoms with van der Waals surface area (Å²) in [5.74, 6) is 0.147. The highest BCUT2D eigenvalue weighted by Gasteiger charge is 2.11. The molecule has 0 aliphatic rings. The highest BCUT2D eigenvalue weighted by atomic mass is 16.3. The fraction of sp³-hybridized carbons (Fsp3) is 0.0667. The number of nitrogens with zero attached hydrogens (tertiary/aromatic N) is 1. The van der Waals surface area contributed by atoms with Gasteiger partial charge >= 0.3 is 0 Å². The molecule has 0 saturated carbocycles. The van der Waals surface area contributed by atoms with Gasteiger partial charge in [0, 0.05) is 17.5 Å². The van der Waals surface area contributed by atoms with E-state index in [1.165, 1.54) is 0 Å². The van der Waals surface area contributed by atoms with Crippen molar-refractivity contribution in [3.63, 3.8) is 0 Å². The standard InChI is InChI=1S/C15H13N3O2/c16-14-7-12(11-3-1-2-4-13(11)18-14)15(19)17-8-10-5-6-20-9-10/h1-7,9H,8H2,(H2,16,18)(H,17,19). The van der Waals surface area contributed by atoms with E-state index in [1.807, 2.05) is 24.3 Å². The van der Waals surface area contributed by atoms with Crippen molar-refractivity contribution < 1.29 is 9.21 Å². The topological polar surface area (TPSA) is 81.2 Å². The van der Waals surface area contributed by atoms with E-state index >= 15 is 0 Å². The van der Waals surface area contributed by atoms with Crippen molar-refractivity contribution >= 4 is 22.6 Å². The molecule has 0 radical (unpaired) electrons. The fourth-order valence-electron chi connectivity index (χ4n) is 2.05. The van der Waals surface area contributed by atoms with Gasteiger partial charge in [0.2, 0.25) is 0 Å². The highest BCUT2D eigenvalue weighted by Crippen LogP contribution is 2.19. The first-order valence-corrected chi connectivity index (χ1v) is 6.18. The molecule has 0 spiro atoms. The van der Waals surface area contributed by atoms with Crippen LogP contribution in [0, 0.1) is 0 Å². The molecule has 0 bridgehead atoms. The summed E-state index contributed by atoms with van der Waals surface area (Å²) in [5, 5.41) is 3.62. The normalized spacial score (nSPS) is 10.6. The van der Waals surface area contributed by atoms with Crippen molar-refractivity contribution in [3.05, 3.63) is 60.1 Å². The number of para-hydroxylation sites is 1. The molecule has 0 aliphatic carbocycles. The Labute approximate surface area is 115 Å². The maximum atomic E-state index is 12.3. The first-order valence-electron chi connectivity index (χ1n) is 6.18. The molecule has 1 amide bonds. The number of furan rings is 1. The van der Waals surface area contributed by atoms with Crippen molar-refractivity contribution in [3.8, 4) is 0 Å². The number of nitrogen functional groups attached to an aromatic ring is 1. The maximum absolute atomic E-state index is 12.3. The van der Waals surface area contributed by atoms with Crippen LogP contribution in [-0.2, 0) is 6.54 Å². The van der Waals surface area contributed by atoms with Crippen molar-refractivity contribution in [1.29, 1.82) is 0 Å². The lowest BCUT2D eigenvalue weighted by atomic mass is 10.1. The number of benzene rings is 1. The van der Waals surface area contributed by atoms with Gasteiger partial charge in [-0.05, 0) is 18.2 Å². The van der Waals surface area contributed by atoms with Crippen LogP contribution in [0.25, 0.3) is 10.9 Å². The molecule has 5 heteroatoms. The third-order valence-corrected chi connectivity index (χ3v) is 3.01. The molecular weight excluding hydrogens is 254 g/mol. The van der Waals surface area contributed by atoms with Gasteiger partial charge in [0.05, 0.1) is 23.6 Å². The molecule has 2 heterocycles. The number of carbonyl (C=O) groups excluding carboxylic acids is 1. The van der Waals surface area contributed by atoms with Gasteiger partial charge in [-0.2, -0.15) is 0 Å². The zero-order valence-corrected chi connectivity index (χ0v) is 10.7. The Morgan fingerprint density at radius 2 is 2.15 bits per heavy atom. The van der Waals surface area contributed by atoms with Gasteiger partial charge in [-0.1, -0.05) is 18.2 Å². The number of nitrogens with one attached hydrogen (secondary N) is 1. The smallest absolute Gasteiger partial charge is 0.252 e. The Balaban J connectivity index is 1.90. The first kappa shape index (κ1) is 12.2. The Bertz CT molecular complexity index is 751. The van der Waals surface area contributed by atoms with Crippen LogP contribution < -0.4 is 11.1 Å². The quantitative estimate of drug-likeness (QED) is 0.763. The van der Waals surface area contributed by atoms with Crippen LogP contribution in [0.2, 0.25) is 0 Å². The number of anilines is 1. The van der Waals surface area contributed by atoms with Gasteiger partial charge in [0.1, 0.15) is 5.82 Å². The highest BCUT2D eigenvalue weighted by molar-refractivity contribution is 6.06. The number of fused-ring (bicyclic) bond motifs is 1. The van der Waals surface area contributed by atoms with E-state index in [2.05, 4.69) is 10.3 Å². The minimum Gasteiger partial charge on any atom is -0.472 e. The summed E-state index contributed by atoms with van der Waals surface area (Å²) in [5.41, 5.74) is 7.89. The van der Waals surface area contributed by atoms with E-state index in [4.69, 9.17) is 10.2 Å². The number of nitrogens with two attached hydrogens (primary N) is 1. The van der Waals surface area contributed by atoms with Gasteiger partial charge in [-0.15, -0.1) is 0 Å². The summed E-state index contributed by atoms with van der Waals surface area (Å²) in [6.07, 6.45) is 3.17. The van der Waals surface area contributed by atoms with E-state index in [0.29, 0.717) is 23.4 Å². The molecule has 1 aromatic carbocycles. The van der Waals surface area contributed by atoms with Crippen molar-refractivity contribution in [2.45, 2.75) is 6.54 Å². The lowest BCUT2D eigenvalue weighted by molar-refractivity contribution is 0.0952. The molecule has 3 rings (SSSR count). The third kappa shape index (κ3) is 2.33. The molecule has 3 aromatic rings. The maximum Gasteiger partial charge on any atom is 0.252 e. The summed E-state index contributed by atoms with van der Waals surface area (Å²) < 4.78 is 4.96. The van der Waals surface area contributed by atoms with E-state index in [1.54, 1.807) is 24.7 Å². The molecule has 0 saturated heterocycles. The first-order chi connectivity index (χ1) is 9.74. The molecule has 2 aromatic heterocycles. The SMILES string of the molecule is Nc1cc(C(=O)NCc2ccoc2)c2ccccc2n1. The second-order valence-electron chi connectivity index (χ2n) is 4.43. The van der Waals surface area contributed by atoms with Crippen LogP contribution in [0.3, 0.4) is 0 Å². The number of hydrogen-bond donors (Lipinski definition) is 2. The van der Waals surface area contributed by atoms with Crippen LogP contribution >= 0.6 is 0 Å². The minimum absolute atomic E-state index is 0.184. The van der Waals surface area contributed by atoms with Gasteiger partial charge in [0.15, 0.2) is 0 Å². The number of amides is 1. The Morgan fingerprint density at radius 1 is 1.30 bits per heavy atom. The third-order valence-electron chi connectivity index (χ3n) is 3.01. The monoisotopic (exact) mass is 267 g/mol. The van der Waals surface area contributed by atoms with Gasteiger partial charge < -0.3 is 15.5 Å². The number of rotatable bonds is 3. The van der Waals surface area contributed by atoms with E-state index in [0.717, 1.165) is 10.9 Å². The average Bonchev–Trinajstić information content (AvgIpc) is 2.97. The molecule has 0 unspecified atom stereocenters. The molecule has 0 aliphatic heterocycles. The Hall–Kier alpha value is -2.82. The van der Waals surface area contributed by atoms with E-state index in [-0.39, 0.29) is 5.91 Å². The second-order valence-corrected chi connectivity index (χ2v) is 4.43. The molecule has 5 nitrogen and oxygen atoms in total. The lowest BCUT2D eigenvalue weighted by Gasteiger charge is -2.08. The van der Waals surface area contributed by atoms with E-state index in [9.17, 15) is 4.79 Å². The molecular formula is C15H13N3O2. The van der Waals surface area contributed by atoms with Crippen LogP contribution in [0.1, 0.15) is 15.9 Å². The summed E-state index contributed by atoms with van der Waals surface area (Å²) in [6, 6.07) is 10.8. The Morgan fingerprint density at radius 3 is 2.95 bits per heavy atom. The fourth-order valence-corrected chi connectivity index (χ4v) is 2.05. The van der Waals surface area contributed by atoms with E-state index < -0.39 is 0 Å². The number of pyridine rings is 1. The molecule has 100 valence electrons. The number of hydrogen-bond acceptors (Lipinski definition) is 4. The zero-order valence-electron chi connectivity index (χ0n) is 10.7. The molecule has 0 fully saturated rings. The van der Waals surface area contributed by atoms with Gasteiger partial charge in [-0.3, -0.25) is 4.79 Å². The van der Waals surface area contributed by atoms with Crippen LogP contribution in [0.5, 0.6) is 0 Å². The molecule has 20 heavy (non-hydrogen) atoms. The van der Waals surface area contributed by atoms with Crippen molar-refractivity contribution in [1.82, 2.24) is 10.3 Å². The van der Waals surface area contributed by atoms with Crippen molar-refractivity contribution in [2.24, 2.45) is 0 Å². The summed E-state index contributed by atoms with van der Waals surface area (Å²) in [7, 11) is 0. The van der Waals surface area contributed by atoms with Crippen LogP contribution in [0.15, 0.2) is 53.3 Å². The predicted molar refractivity (Wildman–Crippen MR) is 76.0 cm³/mol. The number of aromatic nitrogens is 1. The molecule has 0 atom stereocenters. The van der Waals surface area contributed by atoms with Crippen LogP contribution in [0.4, 0.5) is 5.82 Å². The number of carbonyl (C=O) groups is 1. The summed E-state index contributed by atoms with van der Waals surface area (Å²) >= 11 is 0. The second kappa shape index (κ2) is 5.05.